The zero-order valence-electron chi connectivity index (χ0n) is 13.1. The van der Waals surface area contributed by atoms with E-state index in [4.69, 9.17) is 19.7 Å². The lowest BCUT2D eigenvalue weighted by molar-refractivity contribution is -0.141. The molecule has 124 valence electrons. The van der Waals surface area contributed by atoms with Crippen LogP contribution in [0.2, 0.25) is 0 Å². The molecule has 0 saturated carbocycles. The fraction of sp³-hybridized carbons (Fsp3) is 0.867. The van der Waals surface area contributed by atoms with Gasteiger partial charge in [-0.1, -0.05) is 35.1 Å². The van der Waals surface area contributed by atoms with Gasteiger partial charge in [0.15, 0.2) is 0 Å². The van der Waals surface area contributed by atoms with E-state index in [9.17, 15) is 4.79 Å². The Kier molecular flexibility index (Phi) is 27.6. The molecule has 0 aromatic carbocycles. The summed E-state index contributed by atoms with van der Waals surface area (Å²) in [6.07, 6.45) is 1.89. The Morgan fingerprint density at radius 2 is 1.35 bits per heavy atom. The van der Waals surface area contributed by atoms with Crippen molar-refractivity contribution in [3.8, 4) is 0 Å². The summed E-state index contributed by atoms with van der Waals surface area (Å²) < 4.78 is 4.71. The average molecular weight is 294 g/mol. The third-order valence-electron chi connectivity index (χ3n) is 1.71. The number of esters is 1. The van der Waals surface area contributed by atoms with E-state index < -0.39 is 5.97 Å². The van der Waals surface area contributed by atoms with Crippen molar-refractivity contribution < 1.29 is 24.5 Å². The Bertz CT molecular complexity index is 208. The average Bonchev–Trinajstić information content (AvgIpc) is 2.15. The normalized spacial score (nSPS) is 8.65. The van der Waals surface area contributed by atoms with Gasteiger partial charge in [-0.25, -0.2) is 0 Å². The molecule has 0 aromatic rings. The van der Waals surface area contributed by atoms with Crippen LogP contribution in [0.4, 0.5) is 0 Å². The van der Waals surface area contributed by atoms with Gasteiger partial charge in [0.1, 0.15) is 0 Å². The third-order valence-corrected chi connectivity index (χ3v) is 1.71. The first kappa shape index (κ1) is 27.3. The van der Waals surface area contributed by atoms with E-state index in [1.165, 1.54) is 6.92 Å². The number of aliphatic carboxylic acids is 1. The molecule has 0 unspecified atom stereocenters. The standard InChI is InChI=1S/C7H14O2.C5H12O.C2H4O2.CH4/c1-6(2)4-5-9-7(3)8;1-5(2)3-4-6;1-2(3)4;/h6H,4-5H2,1-3H3;5-6H,3-4H2,1-2H3;1H3,(H,3,4);1H4. The number of hydrogen-bond acceptors (Lipinski definition) is 4. The van der Waals surface area contributed by atoms with E-state index in [2.05, 4.69) is 27.7 Å². The lowest BCUT2D eigenvalue weighted by Gasteiger charge is -2.02. The summed E-state index contributed by atoms with van der Waals surface area (Å²) in [4.78, 5) is 19.2. The predicted molar refractivity (Wildman–Crippen MR) is 82.7 cm³/mol. The molecule has 0 heterocycles. The second kappa shape index (κ2) is 20.2. The summed E-state index contributed by atoms with van der Waals surface area (Å²) in [5.41, 5.74) is 0. The highest BCUT2D eigenvalue weighted by molar-refractivity contribution is 5.65. The number of carbonyl (C=O) groups is 2. The zero-order valence-corrected chi connectivity index (χ0v) is 13.1. The summed E-state index contributed by atoms with van der Waals surface area (Å²) >= 11 is 0. The van der Waals surface area contributed by atoms with Gasteiger partial charge in [0, 0.05) is 20.5 Å². The van der Waals surface area contributed by atoms with Crippen molar-refractivity contribution >= 4 is 11.9 Å². The molecule has 2 N–H and O–H groups in total. The van der Waals surface area contributed by atoms with Crippen molar-refractivity contribution in [1.82, 2.24) is 0 Å². The van der Waals surface area contributed by atoms with E-state index in [1.807, 2.05) is 0 Å². The molecule has 0 spiro atoms. The highest BCUT2D eigenvalue weighted by atomic mass is 16.5. The molecular formula is C15H34O5. The van der Waals surface area contributed by atoms with Gasteiger partial charge in [0.05, 0.1) is 6.61 Å². The smallest absolute Gasteiger partial charge is 0.302 e. The highest BCUT2D eigenvalue weighted by Gasteiger charge is 1.95. The monoisotopic (exact) mass is 294 g/mol. The van der Waals surface area contributed by atoms with E-state index >= 15 is 0 Å². The van der Waals surface area contributed by atoms with Gasteiger partial charge in [-0.05, 0) is 24.7 Å². The van der Waals surface area contributed by atoms with Gasteiger partial charge >= 0.3 is 5.97 Å². The van der Waals surface area contributed by atoms with Gasteiger partial charge < -0.3 is 14.9 Å². The lowest BCUT2D eigenvalue weighted by atomic mass is 10.1. The quantitative estimate of drug-likeness (QED) is 0.760. The number of carboxylic acids is 1. The van der Waals surface area contributed by atoms with E-state index in [0.717, 1.165) is 19.8 Å². The van der Waals surface area contributed by atoms with Crippen LogP contribution in [-0.4, -0.2) is 35.4 Å². The van der Waals surface area contributed by atoms with Crippen LogP contribution in [0.15, 0.2) is 0 Å². The molecular weight excluding hydrogens is 260 g/mol. The van der Waals surface area contributed by atoms with Crippen LogP contribution in [0.25, 0.3) is 0 Å². The van der Waals surface area contributed by atoms with Crippen LogP contribution in [0.3, 0.4) is 0 Å². The molecule has 0 rings (SSSR count). The summed E-state index contributed by atoms with van der Waals surface area (Å²) in [6.45, 7) is 11.8. The molecule has 0 radical (unpaired) electrons. The molecule has 0 saturated heterocycles. The molecule has 0 amide bonds. The Balaban J connectivity index is -0.000000102. The van der Waals surface area contributed by atoms with Crippen molar-refractivity contribution in [3.63, 3.8) is 0 Å². The number of ether oxygens (including phenoxy) is 1. The summed E-state index contributed by atoms with van der Waals surface area (Å²) in [5.74, 6) is 0.245. The molecule has 0 aliphatic heterocycles. The fourth-order valence-electron chi connectivity index (χ4n) is 0.697. The van der Waals surface area contributed by atoms with Crippen LogP contribution in [-0.2, 0) is 14.3 Å². The SMILES string of the molecule is C.CC(=O)O.CC(=O)OCCC(C)C.CC(C)CCO. The highest BCUT2D eigenvalue weighted by Crippen LogP contribution is 1.98. The Hall–Kier alpha value is -1.10. The number of carbonyl (C=O) groups excluding carboxylic acids is 1. The molecule has 5 nitrogen and oxygen atoms in total. The molecule has 5 heteroatoms. The zero-order chi connectivity index (χ0) is 15.8. The van der Waals surface area contributed by atoms with E-state index in [1.54, 1.807) is 0 Å². The molecule has 0 aliphatic rings. The Morgan fingerprint density at radius 1 is 1.00 bits per heavy atom. The maximum Gasteiger partial charge on any atom is 0.302 e. The summed E-state index contributed by atoms with van der Waals surface area (Å²) in [7, 11) is 0. The van der Waals surface area contributed by atoms with Crippen LogP contribution >= 0.6 is 0 Å². The lowest BCUT2D eigenvalue weighted by Crippen LogP contribution is -2.02. The van der Waals surface area contributed by atoms with Crippen LogP contribution in [0.1, 0.15) is 61.8 Å². The van der Waals surface area contributed by atoms with Gasteiger partial charge in [-0.2, -0.15) is 0 Å². The minimum Gasteiger partial charge on any atom is -0.481 e. The number of aliphatic hydroxyl groups is 1. The fourth-order valence-corrected chi connectivity index (χ4v) is 0.697. The van der Waals surface area contributed by atoms with Crippen LogP contribution in [0, 0.1) is 11.8 Å². The van der Waals surface area contributed by atoms with Crippen molar-refractivity contribution in [2.24, 2.45) is 11.8 Å². The first-order chi connectivity index (χ1) is 8.63. The topological polar surface area (TPSA) is 83.8 Å². The minimum absolute atomic E-state index is 0. The molecule has 20 heavy (non-hydrogen) atoms. The van der Waals surface area contributed by atoms with Crippen LogP contribution in [0.5, 0.6) is 0 Å². The molecule has 0 aliphatic carbocycles. The van der Waals surface area contributed by atoms with E-state index in [0.29, 0.717) is 25.0 Å². The number of hydrogen-bond donors (Lipinski definition) is 2. The van der Waals surface area contributed by atoms with Crippen LogP contribution < -0.4 is 0 Å². The van der Waals surface area contributed by atoms with Gasteiger partial charge in [-0.15, -0.1) is 0 Å². The van der Waals surface area contributed by atoms with Crippen molar-refractivity contribution in [3.05, 3.63) is 0 Å². The first-order valence-corrected chi connectivity index (χ1v) is 6.57. The number of carboxylic acid groups (broad SMARTS) is 1. The second-order valence-corrected chi connectivity index (χ2v) is 4.95. The maximum absolute atomic E-state index is 10.2. The molecule has 0 fully saturated rings. The maximum atomic E-state index is 10.2. The van der Waals surface area contributed by atoms with E-state index in [-0.39, 0.29) is 13.4 Å². The Morgan fingerprint density at radius 3 is 1.50 bits per heavy atom. The number of aliphatic hydroxyl groups excluding tert-OH is 1. The molecule has 0 atom stereocenters. The summed E-state index contributed by atoms with van der Waals surface area (Å²) in [6, 6.07) is 0. The van der Waals surface area contributed by atoms with Gasteiger partial charge in [-0.3, -0.25) is 9.59 Å². The predicted octanol–water partition coefficient (Wildman–Crippen LogP) is 3.35. The van der Waals surface area contributed by atoms with Gasteiger partial charge in [0.25, 0.3) is 5.97 Å². The van der Waals surface area contributed by atoms with Gasteiger partial charge in [0.2, 0.25) is 0 Å². The van der Waals surface area contributed by atoms with Crippen molar-refractivity contribution in [1.29, 1.82) is 0 Å². The minimum atomic E-state index is -0.833. The molecule has 0 aromatic heterocycles. The second-order valence-electron chi connectivity index (χ2n) is 4.95. The third kappa shape index (κ3) is 68.5. The largest absolute Gasteiger partial charge is 0.481 e. The van der Waals surface area contributed by atoms with Crippen molar-refractivity contribution in [2.45, 2.75) is 61.8 Å². The summed E-state index contributed by atoms with van der Waals surface area (Å²) in [5, 5.41) is 15.7. The van der Waals surface area contributed by atoms with Crippen molar-refractivity contribution in [2.75, 3.05) is 13.2 Å². The first-order valence-electron chi connectivity index (χ1n) is 6.57. The number of rotatable bonds is 5. The Labute approximate surface area is 124 Å². The molecule has 0 bridgehead atoms.